The van der Waals surface area contributed by atoms with E-state index in [0.29, 0.717) is 0 Å². The Morgan fingerprint density at radius 1 is 0.826 bits per heavy atom. The van der Waals surface area contributed by atoms with Crippen molar-refractivity contribution in [3.63, 3.8) is 0 Å². The zero-order valence-electron chi connectivity index (χ0n) is 16.3. The fourth-order valence-corrected chi connectivity index (χ4v) is 5.62. The fraction of sp³-hybridized carbons (Fsp3) is 0.952. The average Bonchev–Trinajstić information content (AvgIpc) is 2.34. The van der Waals surface area contributed by atoms with Crippen LogP contribution in [0.15, 0.2) is 0 Å². The van der Waals surface area contributed by atoms with Gasteiger partial charge in [0, 0.05) is 5.41 Å². The quantitative estimate of drug-likeness (QED) is 0.633. The zero-order chi connectivity index (χ0) is 17.3. The third-order valence-electron chi connectivity index (χ3n) is 8.05. The Labute approximate surface area is 142 Å². The standard InChI is InChI=1S/C21H36O2/c1-18(2,3)19(4,5)17(22)23-20(6,7)21-11-14-8-15(12-21)10-16(9-14)13-21/h14-16H,8-13H2,1-7H3. The maximum atomic E-state index is 13.0. The molecule has 4 aliphatic carbocycles. The Balaban J connectivity index is 1.81. The van der Waals surface area contributed by atoms with Crippen molar-refractivity contribution in [1.29, 1.82) is 0 Å². The normalized spacial score (nSPS) is 37.1. The number of rotatable bonds is 3. The van der Waals surface area contributed by atoms with Crippen molar-refractivity contribution in [3.05, 3.63) is 0 Å². The summed E-state index contributed by atoms with van der Waals surface area (Å²) in [6, 6.07) is 0. The smallest absolute Gasteiger partial charge is 0.312 e. The molecule has 0 spiro atoms. The lowest BCUT2D eigenvalue weighted by Gasteiger charge is -2.61. The Kier molecular flexibility index (Phi) is 3.75. The Morgan fingerprint density at radius 3 is 1.57 bits per heavy atom. The van der Waals surface area contributed by atoms with Crippen LogP contribution < -0.4 is 0 Å². The van der Waals surface area contributed by atoms with Crippen LogP contribution in [-0.2, 0) is 9.53 Å². The topological polar surface area (TPSA) is 26.3 Å². The first-order valence-electron chi connectivity index (χ1n) is 9.60. The number of esters is 1. The summed E-state index contributed by atoms with van der Waals surface area (Å²) in [6.45, 7) is 14.8. The molecule has 0 aromatic heterocycles. The van der Waals surface area contributed by atoms with Crippen molar-refractivity contribution < 1.29 is 9.53 Å². The molecule has 0 aromatic rings. The van der Waals surface area contributed by atoms with Crippen molar-refractivity contribution in [3.8, 4) is 0 Å². The van der Waals surface area contributed by atoms with Gasteiger partial charge in [-0.2, -0.15) is 0 Å². The summed E-state index contributed by atoms with van der Waals surface area (Å²) in [6.07, 6.45) is 8.10. The molecule has 4 aliphatic rings. The highest BCUT2D eigenvalue weighted by molar-refractivity contribution is 5.77. The van der Waals surface area contributed by atoms with Gasteiger partial charge in [0.25, 0.3) is 0 Å². The van der Waals surface area contributed by atoms with E-state index in [4.69, 9.17) is 4.74 Å². The molecule has 0 amide bonds. The molecule has 0 atom stereocenters. The second-order valence-corrected chi connectivity index (χ2v) is 11.0. The van der Waals surface area contributed by atoms with Crippen molar-refractivity contribution in [1.82, 2.24) is 0 Å². The summed E-state index contributed by atoms with van der Waals surface area (Å²) >= 11 is 0. The molecule has 0 saturated heterocycles. The summed E-state index contributed by atoms with van der Waals surface area (Å²) < 4.78 is 6.28. The number of ether oxygens (including phenoxy) is 1. The van der Waals surface area contributed by atoms with Gasteiger partial charge in [-0.05, 0) is 89.4 Å². The fourth-order valence-electron chi connectivity index (χ4n) is 5.62. The van der Waals surface area contributed by atoms with E-state index in [1.807, 2.05) is 13.8 Å². The van der Waals surface area contributed by atoms with Crippen molar-refractivity contribution in [2.24, 2.45) is 34.0 Å². The summed E-state index contributed by atoms with van der Waals surface area (Å²) in [7, 11) is 0. The molecule has 2 nitrogen and oxygen atoms in total. The van der Waals surface area contributed by atoms with Crippen LogP contribution in [0.1, 0.15) is 87.0 Å². The van der Waals surface area contributed by atoms with E-state index >= 15 is 0 Å². The SMILES string of the molecule is CC(C)(C)C(C)(C)C(=O)OC(C)(C)C12CC3CC(CC(C3)C1)C2. The maximum absolute atomic E-state index is 13.0. The lowest BCUT2D eigenvalue weighted by atomic mass is 9.46. The van der Waals surface area contributed by atoms with E-state index in [2.05, 4.69) is 34.6 Å². The monoisotopic (exact) mass is 320 g/mol. The van der Waals surface area contributed by atoms with E-state index in [9.17, 15) is 4.79 Å². The lowest BCUT2D eigenvalue weighted by molar-refractivity contribution is -0.210. The molecule has 0 aromatic carbocycles. The van der Waals surface area contributed by atoms with Gasteiger partial charge in [0.1, 0.15) is 5.60 Å². The predicted molar refractivity (Wildman–Crippen MR) is 94.0 cm³/mol. The Bertz CT molecular complexity index is 457. The minimum atomic E-state index is -0.466. The molecule has 0 radical (unpaired) electrons. The number of carbonyl (C=O) groups is 1. The highest BCUT2D eigenvalue weighted by atomic mass is 16.6. The van der Waals surface area contributed by atoms with Gasteiger partial charge in [0.2, 0.25) is 0 Å². The Morgan fingerprint density at radius 2 is 1.22 bits per heavy atom. The molecule has 0 N–H and O–H groups in total. The first-order chi connectivity index (χ1) is 10.4. The molecule has 0 unspecified atom stereocenters. The third-order valence-corrected chi connectivity index (χ3v) is 8.05. The molecule has 0 heterocycles. The molecule has 4 saturated carbocycles. The summed E-state index contributed by atoms with van der Waals surface area (Å²) in [5.74, 6) is 2.63. The van der Waals surface area contributed by atoms with Gasteiger partial charge in [-0.1, -0.05) is 20.8 Å². The van der Waals surface area contributed by atoms with Gasteiger partial charge < -0.3 is 4.74 Å². The van der Waals surface area contributed by atoms with Crippen LogP contribution in [-0.4, -0.2) is 11.6 Å². The van der Waals surface area contributed by atoms with Crippen LogP contribution in [0.25, 0.3) is 0 Å². The summed E-state index contributed by atoms with van der Waals surface area (Å²) in [5.41, 5.74) is -0.678. The van der Waals surface area contributed by atoms with E-state index in [-0.39, 0.29) is 22.4 Å². The van der Waals surface area contributed by atoms with Gasteiger partial charge in [0.15, 0.2) is 0 Å². The largest absolute Gasteiger partial charge is 0.459 e. The summed E-state index contributed by atoms with van der Waals surface area (Å²) in [5, 5.41) is 0. The van der Waals surface area contributed by atoms with Crippen molar-refractivity contribution in [2.45, 2.75) is 92.6 Å². The number of hydrogen-bond donors (Lipinski definition) is 0. The predicted octanol–water partition coefficient (Wildman–Crippen LogP) is 5.60. The molecular formula is C21H36O2. The van der Waals surface area contributed by atoms with Crippen LogP contribution in [0.4, 0.5) is 0 Å². The molecule has 4 bridgehead atoms. The van der Waals surface area contributed by atoms with Gasteiger partial charge in [-0.15, -0.1) is 0 Å². The first kappa shape index (κ1) is 17.3. The highest BCUT2D eigenvalue weighted by Crippen LogP contribution is 2.64. The molecule has 23 heavy (non-hydrogen) atoms. The third kappa shape index (κ3) is 2.65. The number of carbonyl (C=O) groups excluding carboxylic acids is 1. The minimum Gasteiger partial charge on any atom is -0.459 e. The van der Waals surface area contributed by atoms with Crippen LogP contribution >= 0.6 is 0 Å². The lowest BCUT2D eigenvalue weighted by Crippen LogP contribution is -2.58. The van der Waals surface area contributed by atoms with Crippen LogP contribution in [0, 0.1) is 34.0 Å². The van der Waals surface area contributed by atoms with Crippen LogP contribution in [0.2, 0.25) is 0 Å². The molecule has 4 fully saturated rings. The average molecular weight is 321 g/mol. The molecule has 0 aliphatic heterocycles. The molecular weight excluding hydrogens is 284 g/mol. The van der Waals surface area contributed by atoms with Gasteiger partial charge in [-0.3, -0.25) is 4.79 Å². The number of hydrogen-bond acceptors (Lipinski definition) is 2. The summed E-state index contributed by atoms with van der Waals surface area (Å²) in [4.78, 5) is 13.0. The molecule has 2 heteroatoms. The maximum Gasteiger partial charge on any atom is 0.312 e. The van der Waals surface area contributed by atoms with Gasteiger partial charge >= 0.3 is 5.97 Å². The van der Waals surface area contributed by atoms with E-state index in [1.54, 1.807) is 0 Å². The zero-order valence-corrected chi connectivity index (χ0v) is 16.3. The second kappa shape index (κ2) is 4.99. The molecule has 132 valence electrons. The van der Waals surface area contributed by atoms with Gasteiger partial charge in [0.05, 0.1) is 5.41 Å². The van der Waals surface area contributed by atoms with E-state index in [1.165, 1.54) is 38.5 Å². The minimum absolute atomic E-state index is 0.0225. The van der Waals surface area contributed by atoms with E-state index < -0.39 is 5.41 Å². The highest BCUT2D eigenvalue weighted by Gasteiger charge is 2.59. The van der Waals surface area contributed by atoms with Crippen LogP contribution in [0.5, 0.6) is 0 Å². The first-order valence-corrected chi connectivity index (χ1v) is 9.60. The van der Waals surface area contributed by atoms with Crippen LogP contribution in [0.3, 0.4) is 0 Å². The van der Waals surface area contributed by atoms with Crippen molar-refractivity contribution >= 4 is 5.97 Å². The Hall–Kier alpha value is -0.530. The van der Waals surface area contributed by atoms with Gasteiger partial charge in [-0.25, -0.2) is 0 Å². The second-order valence-electron chi connectivity index (χ2n) is 11.0. The van der Waals surface area contributed by atoms with Crippen molar-refractivity contribution in [2.75, 3.05) is 0 Å². The molecule has 4 rings (SSSR count). The van der Waals surface area contributed by atoms with E-state index in [0.717, 1.165) is 17.8 Å².